The smallest absolute Gasteiger partial charge is 0.308 e. The van der Waals surface area contributed by atoms with E-state index in [1.54, 1.807) is 0 Å². The molecule has 1 rings (SSSR count). The van der Waals surface area contributed by atoms with Crippen LogP contribution in [-0.4, -0.2) is 50.6 Å². The third-order valence-electron chi connectivity index (χ3n) is 2.83. The summed E-state index contributed by atoms with van der Waals surface area (Å²) in [6.07, 6.45) is 2.65. The van der Waals surface area contributed by atoms with Crippen LogP contribution in [0.25, 0.3) is 0 Å². The van der Waals surface area contributed by atoms with Gasteiger partial charge in [-0.1, -0.05) is 0 Å². The van der Waals surface area contributed by atoms with E-state index in [1.165, 1.54) is 0 Å². The van der Waals surface area contributed by atoms with Crippen molar-refractivity contribution in [2.24, 2.45) is 0 Å². The first-order chi connectivity index (χ1) is 8.97. The van der Waals surface area contributed by atoms with Crippen LogP contribution in [0.15, 0.2) is 0 Å². The predicted molar refractivity (Wildman–Crippen MR) is 73.1 cm³/mol. The van der Waals surface area contributed by atoms with Crippen LogP contribution in [0.1, 0.15) is 40.0 Å². The molecular weight excluding hydrogens is 246 g/mol. The molecule has 5 nitrogen and oxygen atoms in total. The van der Waals surface area contributed by atoms with Crippen molar-refractivity contribution in [3.05, 3.63) is 0 Å². The molecule has 0 aromatic rings. The van der Waals surface area contributed by atoms with Crippen LogP contribution in [0.4, 0.5) is 0 Å². The molecule has 0 atom stereocenters. The van der Waals surface area contributed by atoms with Gasteiger partial charge in [0.2, 0.25) is 0 Å². The lowest BCUT2D eigenvalue weighted by Gasteiger charge is -2.22. The lowest BCUT2D eigenvalue weighted by atomic mass is 10.1. The Morgan fingerprint density at radius 1 is 1.16 bits per heavy atom. The number of piperidine rings is 1. The normalized spacial score (nSPS) is 17.4. The van der Waals surface area contributed by atoms with Gasteiger partial charge in [-0.05, 0) is 46.7 Å². The number of rotatable bonds is 7. The summed E-state index contributed by atoms with van der Waals surface area (Å²) in [5.41, 5.74) is -0.190. The van der Waals surface area contributed by atoms with Crippen molar-refractivity contribution in [1.82, 2.24) is 5.32 Å². The largest absolute Gasteiger partial charge is 0.463 e. The van der Waals surface area contributed by atoms with Gasteiger partial charge in [-0.3, -0.25) is 4.79 Å². The Kier molecular flexibility index (Phi) is 7.34. The summed E-state index contributed by atoms with van der Waals surface area (Å²) in [4.78, 5) is 11.4. The third-order valence-corrected chi connectivity index (χ3v) is 2.83. The zero-order valence-electron chi connectivity index (χ0n) is 12.4. The fraction of sp³-hybridized carbons (Fsp3) is 0.929. The summed E-state index contributed by atoms with van der Waals surface area (Å²) in [7, 11) is 0. The van der Waals surface area contributed by atoms with Crippen molar-refractivity contribution in [2.75, 3.05) is 32.9 Å². The van der Waals surface area contributed by atoms with Crippen molar-refractivity contribution in [3.63, 3.8) is 0 Å². The molecule has 1 saturated heterocycles. The van der Waals surface area contributed by atoms with Crippen LogP contribution in [0, 0.1) is 0 Å². The average molecular weight is 273 g/mol. The summed E-state index contributed by atoms with van der Waals surface area (Å²) in [5, 5.41) is 3.27. The van der Waals surface area contributed by atoms with Crippen molar-refractivity contribution in [1.29, 1.82) is 0 Å². The first-order valence-electron chi connectivity index (χ1n) is 7.09. The molecule has 1 fully saturated rings. The molecule has 0 amide bonds. The van der Waals surface area contributed by atoms with Gasteiger partial charge in [-0.2, -0.15) is 0 Å². The molecule has 0 unspecified atom stereocenters. The molecule has 0 aromatic heterocycles. The Bertz CT molecular complexity index is 257. The third kappa shape index (κ3) is 8.97. The van der Waals surface area contributed by atoms with E-state index in [2.05, 4.69) is 5.32 Å². The standard InChI is InChI=1S/C14H27NO4/c1-14(2,3)19-11-10-18-13(16)6-9-17-12-4-7-15-8-5-12/h12,15H,4-11H2,1-3H3. The van der Waals surface area contributed by atoms with E-state index in [-0.39, 0.29) is 11.6 Å². The molecule has 0 aliphatic carbocycles. The SMILES string of the molecule is CC(C)(C)OCCOC(=O)CCOC1CCNCC1. The van der Waals surface area contributed by atoms with Crippen LogP contribution < -0.4 is 5.32 Å². The highest BCUT2D eigenvalue weighted by Gasteiger charge is 2.14. The Morgan fingerprint density at radius 2 is 1.84 bits per heavy atom. The quantitative estimate of drug-likeness (QED) is 0.563. The van der Waals surface area contributed by atoms with Crippen molar-refractivity contribution >= 4 is 5.97 Å². The molecule has 5 heteroatoms. The maximum atomic E-state index is 11.4. The second-order valence-electron chi connectivity index (χ2n) is 5.75. The molecular formula is C14H27NO4. The number of hydrogen-bond donors (Lipinski definition) is 1. The molecule has 19 heavy (non-hydrogen) atoms. The van der Waals surface area contributed by atoms with Crippen molar-refractivity contribution in [3.8, 4) is 0 Å². The Morgan fingerprint density at radius 3 is 2.47 bits per heavy atom. The van der Waals surface area contributed by atoms with Gasteiger partial charge in [0, 0.05) is 0 Å². The molecule has 0 radical (unpaired) electrons. The zero-order valence-corrected chi connectivity index (χ0v) is 12.4. The monoisotopic (exact) mass is 273 g/mol. The molecule has 1 aliphatic heterocycles. The maximum absolute atomic E-state index is 11.4. The zero-order chi connectivity index (χ0) is 14.1. The summed E-state index contributed by atoms with van der Waals surface area (Å²) < 4.78 is 16.2. The fourth-order valence-electron chi connectivity index (χ4n) is 1.85. The van der Waals surface area contributed by atoms with Gasteiger partial charge in [-0.15, -0.1) is 0 Å². The highest BCUT2D eigenvalue weighted by Crippen LogP contribution is 2.08. The summed E-state index contributed by atoms with van der Waals surface area (Å²) in [6.45, 7) is 9.11. The minimum absolute atomic E-state index is 0.190. The van der Waals surface area contributed by atoms with E-state index >= 15 is 0 Å². The number of carbonyl (C=O) groups excluding carboxylic acids is 1. The lowest BCUT2D eigenvalue weighted by Crippen LogP contribution is -2.32. The van der Waals surface area contributed by atoms with Gasteiger partial charge in [-0.25, -0.2) is 0 Å². The van der Waals surface area contributed by atoms with Crippen LogP contribution in [-0.2, 0) is 19.0 Å². The van der Waals surface area contributed by atoms with Crippen molar-refractivity contribution < 1.29 is 19.0 Å². The Hall–Kier alpha value is -0.650. The number of nitrogens with one attached hydrogen (secondary N) is 1. The first-order valence-corrected chi connectivity index (χ1v) is 7.09. The summed E-state index contributed by atoms with van der Waals surface area (Å²) in [5.74, 6) is -0.216. The van der Waals surface area contributed by atoms with Gasteiger partial charge in [0.15, 0.2) is 0 Å². The summed E-state index contributed by atoms with van der Waals surface area (Å²) >= 11 is 0. The number of carbonyl (C=O) groups is 1. The second-order valence-corrected chi connectivity index (χ2v) is 5.75. The molecule has 0 aromatic carbocycles. The van der Waals surface area contributed by atoms with E-state index in [9.17, 15) is 4.79 Å². The lowest BCUT2D eigenvalue weighted by molar-refractivity contribution is -0.148. The highest BCUT2D eigenvalue weighted by atomic mass is 16.6. The van der Waals surface area contributed by atoms with Gasteiger partial charge in [0.25, 0.3) is 0 Å². The van der Waals surface area contributed by atoms with Gasteiger partial charge >= 0.3 is 5.97 Å². The average Bonchev–Trinajstić information content (AvgIpc) is 2.35. The fourth-order valence-corrected chi connectivity index (χ4v) is 1.85. The van der Waals surface area contributed by atoms with Crippen LogP contribution in [0.5, 0.6) is 0 Å². The van der Waals surface area contributed by atoms with Gasteiger partial charge in [0.1, 0.15) is 6.61 Å². The Labute approximate surface area is 116 Å². The minimum atomic E-state index is -0.216. The molecule has 0 spiro atoms. The number of hydrogen-bond acceptors (Lipinski definition) is 5. The predicted octanol–water partition coefficient (Wildman–Crippen LogP) is 1.50. The van der Waals surface area contributed by atoms with Crippen LogP contribution in [0.2, 0.25) is 0 Å². The molecule has 0 saturated carbocycles. The Balaban J connectivity index is 1.95. The van der Waals surface area contributed by atoms with Crippen LogP contribution in [0.3, 0.4) is 0 Å². The van der Waals surface area contributed by atoms with Gasteiger partial charge < -0.3 is 19.5 Å². The topological polar surface area (TPSA) is 56.8 Å². The van der Waals surface area contributed by atoms with E-state index in [0.29, 0.717) is 32.3 Å². The van der Waals surface area contributed by atoms with E-state index in [4.69, 9.17) is 14.2 Å². The molecule has 1 heterocycles. The number of ether oxygens (including phenoxy) is 3. The molecule has 0 bridgehead atoms. The number of esters is 1. The first kappa shape index (κ1) is 16.4. The van der Waals surface area contributed by atoms with Crippen LogP contribution >= 0.6 is 0 Å². The second kappa shape index (κ2) is 8.51. The van der Waals surface area contributed by atoms with Crippen molar-refractivity contribution in [2.45, 2.75) is 51.7 Å². The molecule has 112 valence electrons. The summed E-state index contributed by atoms with van der Waals surface area (Å²) in [6, 6.07) is 0. The molecule has 1 N–H and O–H groups in total. The molecule has 1 aliphatic rings. The van der Waals surface area contributed by atoms with E-state index < -0.39 is 0 Å². The minimum Gasteiger partial charge on any atom is -0.463 e. The maximum Gasteiger partial charge on any atom is 0.308 e. The highest BCUT2D eigenvalue weighted by molar-refractivity contribution is 5.69. The van der Waals surface area contributed by atoms with E-state index in [1.807, 2.05) is 20.8 Å². The van der Waals surface area contributed by atoms with E-state index in [0.717, 1.165) is 25.9 Å². The van der Waals surface area contributed by atoms with Gasteiger partial charge in [0.05, 0.1) is 31.3 Å².